The number of methoxy groups -OCH3 is 2. The topological polar surface area (TPSA) is 122 Å². The Morgan fingerprint density at radius 1 is 1.00 bits per heavy atom. The zero-order valence-corrected chi connectivity index (χ0v) is 26.2. The summed E-state index contributed by atoms with van der Waals surface area (Å²) in [6.45, 7) is 9.61. The Balaban J connectivity index is 1.72. The number of allylic oxidation sites excluding steroid dienone is 1. The van der Waals surface area contributed by atoms with Crippen LogP contribution < -0.4 is 24.3 Å². The number of nitrogens with zero attached hydrogens (tertiary/aromatic N) is 1. The summed E-state index contributed by atoms with van der Waals surface area (Å²) in [7, 11) is 2.81. The first-order valence-corrected chi connectivity index (χ1v) is 14.9. The number of carbonyl (C=O) groups excluding carboxylic acids is 3. The first-order valence-electron chi connectivity index (χ1n) is 14.0. The zero-order valence-electron chi connectivity index (χ0n) is 25.3. The van der Waals surface area contributed by atoms with Crippen LogP contribution in [0.2, 0.25) is 0 Å². The summed E-state index contributed by atoms with van der Waals surface area (Å²) in [6.07, 6.45) is 3.38. The highest BCUT2D eigenvalue weighted by Gasteiger charge is 2.48. The van der Waals surface area contributed by atoms with E-state index in [-0.39, 0.29) is 25.7 Å². The van der Waals surface area contributed by atoms with Gasteiger partial charge in [0.05, 0.1) is 44.0 Å². The number of rotatable bonds is 13. The van der Waals surface area contributed by atoms with Crippen LogP contribution in [-0.2, 0) is 23.9 Å². The Kier molecular flexibility index (Phi) is 10.8. The van der Waals surface area contributed by atoms with E-state index in [9.17, 15) is 14.4 Å². The quantitative estimate of drug-likeness (QED) is 0.191. The Hall–Kier alpha value is -4.58. The molecule has 1 saturated heterocycles. The molecule has 2 aromatic rings. The molecule has 2 aromatic carbocycles. The number of amides is 1. The minimum atomic E-state index is -0.762. The van der Waals surface area contributed by atoms with E-state index < -0.39 is 23.5 Å². The number of esters is 2. The number of benzene rings is 2. The molecule has 0 unspecified atom stereocenters. The molecule has 44 heavy (non-hydrogen) atoms. The fourth-order valence-corrected chi connectivity index (χ4v) is 6.01. The van der Waals surface area contributed by atoms with E-state index in [0.29, 0.717) is 56.9 Å². The molecule has 0 aliphatic carbocycles. The van der Waals surface area contributed by atoms with E-state index in [1.54, 1.807) is 61.2 Å². The number of ether oxygens (including phenoxy) is 6. The van der Waals surface area contributed by atoms with Gasteiger partial charge in [0.1, 0.15) is 6.61 Å². The number of carbonyl (C=O) groups is 3. The number of hydrogen-bond donors (Lipinski definition) is 1. The second-order valence-electron chi connectivity index (χ2n) is 9.51. The highest BCUT2D eigenvalue weighted by molar-refractivity contribution is 8.05. The molecule has 1 fully saturated rings. The van der Waals surface area contributed by atoms with Gasteiger partial charge in [0, 0.05) is 5.70 Å². The molecular formula is C32H36N2O9S. The second kappa shape index (κ2) is 14.7. The third kappa shape index (κ3) is 6.96. The van der Waals surface area contributed by atoms with Crippen LogP contribution in [0.5, 0.6) is 23.0 Å². The van der Waals surface area contributed by atoms with E-state index in [0.717, 1.165) is 0 Å². The maximum Gasteiger partial charge on any atom is 0.343 e. The molecule has 1 N–H and O–H groups in total. The van der Waals surface area contributed by atoms with Gasteiger partial charge in [-0.25, -0.2) is 9.59 Å². The fraction of sp³-hybridized carbons (Fsp3) is 0.344. The maximum atomic E-state index is 14.1. The van der Waals surface area contributed by atoms with Gasteiger partial charge >= 0.3 is 11.9 Å². The van der Waals surface area contributed by atoms with E-state index in [2.05, 4.69) is 16.6 Å². The third-order valence-electron chi connectivity index (χ3n) is 6.73. The number of thioether (sulfide) groups is 1. The van der Waals surface area contributed by atoms with Crippen LogP contribution in [0.25, 0.3) is 6.08 Å². The van der Waals surface area contributed by atoms with E-state index >= 15 is 0 Å². The van der Waals surface area contributed by atoms with Gasteiger partial charge in [0.15, 0.2) is 35.1 Å². The molecule has 2 atom stereocenters. The van der Waals surface area contributed by atoms with Crippen molar-refractivity contribution < 1.29 is 42.8 Å². The molecule has 234 valence electrons. The molecule has 11 nitrogen and oxygen atoms in total. The average Bonchev–Trinajstić information content (AvgIpc) is 3.32. The second-order valence-corrected chi connectivity index (χ2v) is 10.6. The van der Waals surface area contributed by atoms with Gasteiger partial charge in [0.2, 0.25) is 0 Å². The largest absolute Gasteiger partial charge is 0.493 e. The minimum Gasteiger partial charge on any atom is -0.493 e. The molecule has 2 aliphatic rings. The first kappa shape index (κ1) is 32.3. The van der Waals surface area contributed by atoms with Crippen molar-refractivity contribution in [1.82, 2.24) is 10.2 Å². The lowest BCUT2D eigenvalue weighted by atomic mass is 9.93. The normalized spacial score (nSPS) is 18.3. The highest BCUT2D eigenvalue weighted by atomic mass is 32.2. The van der Waals surface area contributed by atoms with Crippen molar-refractivity contribution >= 4 is 35.7 Å². The fourth-order valence-electron chi connectivity index (χ4n) is 4.79. The molecule has 0 radical (unpaired) electrons. The Bertz CT molecular complexity index is 1490. The lowest BCUT2D eigenvalue weighted by molar-refractivity contribution is -0.143. The van der Waals surface area contributed by atoms with Crippen LogP contribution in [0.1, 0.15) is 37.9 Å². The van der Waals surface area contributed by atoms with E-state index in [1.807, 2.05) is 13.0 Å². The molecule has 0 spiro atoms. The van der Waals surface area contributed by atoms with Gasteiger partial charge in [-0.2, -0.15) is 0 Å². The van der Waals surface area contributed by atoms with Crippen LogP contribution in [0.4, 0.5) is 0 Å². The van der Waals surface area contributed by atoms with Crippen LogP contribution in [-0.4, -0.2) is 68.9 Å². The SMILES string of the molecule is C=CCOc1ccc([C@@H]2C(C(=O)OCC)=C(C)N[C@H]3S/C(=C\c4ccc(OCC(=O)OC)c(OCC)c4)C(=O)N32)cc1OC. The van der Waals surface area contributed by atoms with Crippen LogP contribution >= 0.6 is 11.8 Å². The van der Waals surface area contributed by atoms with Crippen molar-refractivity contribution in [3.8, 4) is 23.0 Å². The zero-order chi connectivity index (χ0) is 31.8. The van der Waals surface area contributed by atoms with Crippen LogP contribution in [0, 0.1) is 0 Å². The van der Waals surface area contributed by atoms with Crippen LogP contribution in [0.15, 0.2) is 65.2 Å². The van der Waals surface area contributed by atoms with Gasteiger partial charge in [-0.05, 0) is 62.2 Å². The van der Waals surface area contributed by atoms with Gasteiger partial charge in [-0.3, -0.25) is 9.69 Å². The summed E-state index contributed by atoms with van der Waals surface area (Å²) >= 11 is 1.33. The predicted octanol–water partition coefficient (Wildman–Crippen LogP) is 4.59. The molecule has 0 saturated carbocycles. The lowest BCUT2D eigenvalue weighted by Gasteiger charge is -2.39. The molecule has 2 aliphatic heterocycles. The Morgan fingerprint density at radius 2 is 1.75 bits per heavy atom. The van der Waals surface area contributed by atoms with Gasteiger partial charge in [-0.1, -0.05) is 36.5 Å². The lowest BCUT2D eigenvalue weighted by Crippen LogP contribution is -2.50. The molecule has 0 aromatic heterocycles. The first-order chi connectivity index (χ1) is 21.3. The maximum absolute atomic E-state index is 14.1. The summed E-state index contributed by atoms with van der Waals surface area (Å²) in [5.74, 6) is 0.432. The van der Waals surface area contributed by atoms with Crippen LogP contribution in [0.3, 0.4) is 0 Å². The molecule has 1 amide bonds. The molecule has 4 rings (SSSR count). The predicted molar refractivity (Wildman–Crippen MR) is 165 cm³/mol. The van der Waals surface area contributed by atoms with Gasteiger partial charge in [-0.15, -0.1) is 0 Å². The summed E-state index contributed by atoms with van der Waals surface area (Å²) < 4.78 is 32.7. The summed E-state index contributed by atoms with van der Waals surface area (Å²) in [5.41, 5.74) is 1.78. The molecule has 0 bridgehead atoms. The van der Waals surface area contributed by atoms with Crippen molar-refractivity contribution in [3.63, 3.8) is 0 Å². The molecular weight excluding hydrogens is 588 g/mol. The Labute approximate surface area is 260 Å². The van der Waals surface area contributed by atoms with Crippen molar-refractivity contribution in [2.24, 2.45) is 0 Å². The van der Waals surface area contributed by atoms with Gasteiger partial charge in [0.25, 0.3) is 5.91 Å². The number of nitrogens with one attached hydrogen (secondary N) is 1. The molecule has 12 heteroatoms. The number of fused-ring (bicyclic) bond motifs is 1. The summed E-state index contributed by atoms with van der Waals surface area (Å²) in [5, 5.41) is 3.31. The van der Waals surface area contributed by atoms with E-state index in [1.165, 1.54) is 26.0 Å². The van der Waals surface area contributed by atoms with E-state index in [4.69, 9.17) is 23.7 Å². The van der Waals surface area contributed by atoms with Crippen molar-refractivity contribution in [1.29, 1.82) is 0 Å². The number of hydrogen-bond acceptors (Lipinski definition) is 11. The average molecular weight is 625 g/mol. The highest BCUT2D eigenvalue weighted by Crippen LogP contribution is 2.48. The summed E-state index contributed by atoms with van der Waals surface area (Å²) in [6, 6.07) is 9.72. The van der Waals surface area contributed by atoms with Gasteiger partial charge < -0.3 is 33.7 Å². The summed E-state index contributed by atoms with van der Waals surface area (Å²) in [4.78, 5) is 41.0. The van der Waals surface area contributed by atoms with Crippen molar-refractivity contribution in [2.45, 2.75) is 32.3 Å². The Morgan fingerprint density at radius 3 is 2.43 bits per heavy atom. The monoisotopic (exact) mass is 624 g/mol. The molecule has 2 heterocycles. The smallest absolute Gasteiger partial charge is 0.343 e. The van der Waals surface area contributed by atoms with Crippen molar-refractivity contribution in [3.05, 3.63) is 76.4 Å². The van der Waals surface area contributed by atoms with Crippen molar-refractivity contribution in [2.75, 3.05) is 40.6 Å². The minimum absolute atomic E-state index is 0.179. The standard InChI is InChI=1S/C32H36N2O9S/c1-7-14-42-22-13-11-21(17-24(22)38-5)29-28(31(37)41-9-3)19(4)33-32-34(29)30(36)26(44-32)16-20-10-12-23(25(15-20)40-8-2)43-18-27(35)39-6/h7,10-13,15-17,29,32-33H,1,8-9,14,18H2,2-6H3/b26-16-/t29-,32-/m1/s1. The third-order valence-corrected chi connectivity index (χ3v) is 7.84.